The van der Waals surface area contributed by atoms with Gasteiger partial charge in [0.2, 0.25) is 0 Å². The Labute approximate surface area is 95.2 Å². The molecule has 0 bridgehead atoms. The highest BCUT2D eigenvalue weighted by Crippen LogP contribution is 2.18. The van der Waals surface area contributed by atoms with E-state index in [9.17, 15) is 4.79 Å². The van der Waals surface area contributed by atoms with E-state index in [0.29, 0.717) is 17.4 Å². The zero-order chi connectivity index (χ0) is 11.7. The van der Waals surface area contributed by atoms with Gasteiger partial charge in [0, 0.05) is 26.2 Å². The van der Waals surface area contributed by atoms with Gasteiger partial charge in [-0.1, -0.05) is 6.92 Å². The molecule has 0 radical (unpaired) electrons. The van der Waals surface area contributed by atoms with Crippen molar-refractivity contribution in [1.82, 2.24) is 14.7 Å². The SMILES string of the molecule is C[C@H]1CCCN(C(=O)c2cc(N)n(C)n2)C1. The molecule has 0 unspecified atom stereocenters. The largest absolute Gasteiger partial charge is 0.384 e. The molecule has 5 nitrogen and oxygen atoms in total. The Bertz CT molecular complexity index is 379. The highest BCUT2D eigenvalue weighted by atomic mass is 16.2. The lowest BCUT2D eigenvalue weighted by molar-refractivity contribution is 0.0676. The molecule has 5 heteroatoms. The smallest absolute Gasteiger partial charge is 0.274 e. The molecule has 1 aliphatic rings. The Balaban J connectivity index is 2.12. The molecule has 1 saturated heterocycles. The minimum atomic E-state index is -0.00106. The standard InChI is InChI=1S/C11H18N4O/c1-8-4-3-5-15(7-8)11(16)9-6-10(12)14(2)13-9/h6,8H,3-5,7,12H2,1-2H3/t8-/m0/s1. The monoisotopic (exact) mass is 222 g/mol. The van der Waals surface area contributed by atoms with Gasteiger partial charge in [0.05, 0.1) is 0 Å². The minimum Gasteiger partial charge on any atom is -0.384 e. The summed E-state index contributed by atoms with van der Waals surface area (Å²) in [5, 5.41) is 4.11. The molecule has 1 amide bonds. The average molecular weight is 222 g/mol. The average Bonchev–Trinajstić information content (AvgIpc) is 2.58. The maximum atomic E-state index is 12.1. The van der Waals surface area contributed by atoms with E-state index in [1.807, 2.05) is 4.90 Å². The first-order valence-corrected chi connectivity index (χ1v) is 5.66. The molecule has 1 aromatic rings. The Morgan fingerprint density at radius 2 is 2.38 bits per heavy atom. The van der Waals surface area contributed by atoms with Crippen LogP contribution < -0.4 is 5.73 Å². The highest BCUT2D eigenvalue weighted by Gasteiger charge is 2.23. The molecule has 0 spiro atoms. The summed E-state index contributed by atoms with van der Waals surface area (Å²) in [6, 6.07) is 1.64. The molecule has 2 heterocycles. The van der Waals surface area contributed by atoms with Gasteiger partial charge in [-0.2, -0.15) is 5.10 Å². The number of amides is 1. The van der Waals surface area contributed by atoms with Crippen LogP contribution in [0.15, 0.2) is 6.07 Å². The number of nitrogens with zero attached hydrogens (tertiary/aromatic N) is 3. The molecule has 2 N–H and O–H groups in total. The van der Waals surface area contributed by atoms with Crippen molar-refractivity contribution in [1.29, 1.82) is 0 Å². The van der Waals surface area contributed by atoms with Crippen molar-refractivity contribution in [3.63, 3.8) is 0 Å². The fraction of sp³-hybridized carbons (Fsp3) is 0.636. The summed E-state index contributed by atoms with van der Waals surface area (Å²) in [6.45, 7) is 3.83. The van der Waals surface area contributed by atoms with Crippen LogP contribution in [0.3, 0.4) is 0 Å². The molecule has 0 saturated carbocycles. The van der Waals surface area contributed by atoms with E-state index in [0.717, 1.165) is 19.5 Å². The minimum absolute atomic E-state index is 0.00106. The second-order valence-corrected chi connectivity index (χ2v) is 4.58. The number of rotatable bonds is 1. The van der Waals surface area contributed by atoms with E-state index in [4.69, 9.17) is 5.73 Å². The van der Waals surface area contributed by atoms with E-state index in [2.05, 4.69) is 12.0 Å². The van der Waals surface area contributed by atoms with Crippen LogP contribution in [-0.2, 0) is 7.05 Å². The van der Waals surface area contributed by atoms with E-state index >= 15 is 0 Å². The van der Waals surface area contributed by atoms with Crippen LogP contribution in [0.4, 0.5) is 5.82 Å². The third-order valence-electron chi connectivity index (χ3n) is 3.08. The number of nitrogen functional groups attached to an aromatic ring is 1. The number of hydrogen-bond donors (Lipinski definition) is 1. The van der Waals surface area contributed by atoms with Gasteiger partial charge >= 0.3 is 0 Å². The van der Waals surface area contributed by atoms with Gasteiger partial charge in [-0.15, -0.1) is 0 Å². The summed E-state index contributed by atoms with van der Waals surface area (Å²) in [6.07, 6.45) is 2.28. The van der Waals surface area contributed by atoms with Crippen molar-refractivity contribution in [3.05, 3.63) is 11.8 Å². The van der Waals surface area contributed by atoms with Gasteiger partial charge in [-0.3, -0.25) is 9.48 Å². The van der Waals surface area contributed by atoms with E-state index in [-0.39, 0.29) is 5.91 Å². The quantitative estimate of drug-likeness (QED) is 0.767. The number of likely N-dealkylation sites (tertiary alicyclic amines) is 1. The van der Waals surface area contributed by atoms with Crippen molar-refractivity contribution in [2.24, 2.45) is 13.0 Å². The second-order valence-electron chi connectivity index (χ2n) is 4.58. The van der Waals surface area contributed by atoms with Gasteiger partial charge in [0.15, 0.2) is 5.69 Å². The number of carbonyl (C=O) groups is 1. The predicted molar refractivity (Wildman–Crippen MR) is 61.9 cm³/mol. The van der Waals surface area contributed by atoms with Gasteiger partial charge in [0.1, 0.15) is 5.82 Å². The Kier molecular flexibility index (Phi) is 2.85. The summed E-state index contributed by atoms with van der Waals surface area (Å²) in [5.74, 6) is 1.10. The van der Waals surface area contributed by atoms with Gasteiger partial charge in [0.25, 0.3) is 5.91 Å². The number of hydrogen-bond acceptors (Lipinski definition) is 3. The number of anilines is 1. The predicted octanol–water partition coefficient (Wildman–Crippen LogP) is 0.874. The van der Waals surface area contributed by atoms with Crippen LogP contribution in [-0.4, -0.2) is 33.7 Å². The number of nitrogens with two attached hydrogens (primary N) is 1. The zero-order valence-corrected chi connectivity index (χ0v) is 9.81. The molecule has 2 rings (SSSR count). The maximum Gasteiger partial charge on any atom is 0.274 e. The molecule has 1 aliphatic heterocycles. The van der Waals surface area contributed by atoms with Crippen LogP contribution in [0.2, 0.25) is 0 Å². The van der Waals surface area contributed by atoms with Crippen molar-refractivity contribution >= 4 is 11.7 Å². The molecule has 1 aromatic heterocycles. The maximum absolute atomic E-state index is 12.1. The Hall–Kier alpha value is -1.52. The fourth-order valence-electron chi connectivity index (χ4n) is 2.12. The van der Waals surface area contributed by atoms with Crippen molar-refractivity contribution in [2.45, 2.75) is 19.8 Å². The van der Waals surface area contributed by atoms with E-state index < -0.39 is 0 Å². The molecule has 16 heavy (non-hydrogen) atoms. The number of aromatic nitrogens is 2. The number of carbonyl (C=O) groups excluding carboxylic acids is 1. The molecular formula is C11H18N4O. The summed E-state index contributed by atoms with van der Waals surface area (Å²) in [7, 11) is 1.74. The summed E-state index contributed by atoms with van der Waals surface area (Å²) in [4.78, 5) is 14.0. The summed E-state index contributed by atoms with van der Waals surface area (Å²) >= 11 is 0. The van der Waals surface area contributed by atoms with Crippen molar-refractivity contribution in [2.75, 3.05) is 18.8 Å². The number of aryl methyl sites for hydroxylation is 1. The molecule has 0 aromatic carbocycles. The zero-order valence-electron chi connectivity index (χ0n) is 9.81. The topological polar surface area (TPSA) is 64.2 Å². The first kappa shape index (κ1) is 11.0. The Morgan fingerprint density at radius 1 is 1.62 bits per heavy atom. The lowest BCUT2D eigenvalue weighted by Crippen LogP contribution is -2.39. The third-order valence-corrected chi connectivity index (χ3v) is 3.08. The lowest BCUT2D eigenvalue weighted by Gasteiger charge is -2.30. The molecule has 1 fully saturated rings. The molecule has 88 valence electrons. The van der Waals surface area contributed by atoms with Crippen LogP contribution in [0, 0.1) is 5.92 Å². The first-order valence-electron chi connectivity index (χ1n) is 5.66. The normalized spacial score (nSPS) is 21.1. The molecule has 0 aliphatic carbocycles. The van der Waals surface area contributed by atoms with Crippen molar-refractivity contribution in [3.8, 4) is 0 Å². The van der Waals surface area contributed by atoms with E-state index in [1.54, 1.807) is 13.1 Å². The second kappa shape index (κ2) is 4.15. The Morgan fingerprint density at radius 3 is 2.94 bits per heavy atom. The molecule has 1 atom stereocenters. The molecular weight excluding hydrogens is 204 g/mol. The van der Waals surface area contributed by atoms with Crippen LogP contribution in [0.5, 0.6) is 0 Å². The van der Waals surface area contributed by atoms with E-state index in [1.165, 1.54) is 11.1 Å². The summed E-state index contributed by atoms with van der Waals surface area (Å²) in [5.41, 5.74) is 6.12. The van der Waals surface area contributed by atoms with Crippen molar-refractivity contribution < 1.29 is 4.79 Å². The van der Waals surface area contributed by atoms with Crippen LogP contribution in [0.25, 0.3) is 0 Å². The number of piperidine rings is 1. The first-order chi connectivity index (χ1) is 7.58. The van der Waals surface area contributed by atoms with Gasteiger partial charge in [-0.25, -0.2) is 0 Å². The summed E-state index contributed by atoms with van der Waals surface area (Å²) < 4.78 is 1.53. The van der Waals surface area contributed by atoms with Gasteiger partial charge < -0.3 is 10.6 Å². The highest BCUT2D eigenvalue weighted by molar-refractivity contribution is 5.93. The lowest BCUT2D eigenvalue weighted by atomic mass is 10.00. The fourth-order valence-corrected chi connectivity index (χ4v) is 2.12. The third kappa shape index (κ3) is 2.03. The van der Waals surface area contributed by atoms with Crippen LogP contribution in [0.1, 0.15) is 30.3 Å². The van der Waals surface area contributed by atoms with Gasteiger partial charge in [-0.05, 0) is 18.8 Å². The van der Waals surface area contributed by atoms with Crippen LogP contribution >= 0.6 is 0 Å².